The van der Waals surface area contributed by atoms with Gasteiger partial charge in [-0.05, 0) is 61.4 Å². The van der Waals surface area contributed by atoms with Crippen LogP contribution in [0.1, 0.15) is 52.6 Å². The maximum absolute atomic E-state index is 13.2. The number of aromatic nitrogens is 1. The molecule has 152 valence electrons. The Hall–Kier alpha value is -3.54. The molecule has 5 nitrogen and oxygen atoms in total. The summed E-state index contributed by atoms with van der Waals surface area (Å²) in [5.74, 6) is -0.688. The molecule has 2 aromatic carbocycles. The molecule has 2 heterocycles. The largest absolute Gasteiger partial charge is 0.350 e. The van der Waals surface area contributed by atoms with E-state index in [-0.39, 0.29) is 30.1 Å². The number of carbonyl (C=O) groups is 2. The molecular formula is C24H22FN3O2. The zero-order valence-corrected chi connectivity index (χ0v) is 16.8. The first-order chi connectivity index (χ1) is 14.4. The van der Waals surface area contributed by atoms with Crippen molar-refractivity contribution in [2.75, 3.05) is 4.90 Å². The number of halogens is 1. The van der Waals surface area contributed by atoms with Crippen molar-refractivity contribution in [2.45, 2.75) is 32.4 Å². The lowest BCUT2D eigenvalue weighted by molar-refractivity contribution is -0.122. The van der Waals surface area contributed by atoms with E-state index in [1.54, 1.807) is 35.4 Å². The first-order valence-electron chi connectivity index (χ1n) is 9.84. The van der Waals surface area contributed by atoms with Crippen LogP contribution in [0.3, 0.4) is 0 Å². The molecule has 0 spiro atoms. The summed E-state index contributed by atoms with van der Waals surface area (Å²) in [4.78, 5) is 32.0. The minimum atomic E-state index is -0.490. The van der Waals surface area contributed by atoms with Gasteiger partial charge in [-0.2, -0.15) is 0 Å². The van der Waals surface area contributed by atoms with Crippen LogP contribution >= 0.6 is 0 Å². The Bertz CT molecular complexity index is 1100. The highest BCUT2D eigenvalue weighted by Gasteiger charge is 2.40. The van der Waals surface area contributed by atoms with Crippen LogP contribution in [0.5, 0.6) is 0 Å². The van der Waals surface area contributed by atoms with Crippen molar-refractivity contribution in [3.8, 4) is 0 Å². The molecule has 0 saturated carbocycles. The lowest BCUT2D eigenvalue weighted by Crippen LogP contribution is -2.34. The fraction of sp³-hybridized carbons (Fsp3) is 0.208. The van der Waals surface area contributed by atoms with Crippen LogP contribution in [-0.2, 0) is 4.79 Å². The van der Waals surface area contributed by atoms with E-state index in [0.717, 1.165) is 16.8 Å². The summed E-state index contributed by atoms with van der Waals surface area (Å²) in [5, 5.41) is 2.94. The maximum Gasteiger partial charge on any atom is 0.260 e. The summed E-state index contributed by atoms with van der Waals surface area (Å²) < 4.78 is 13.2. The van der Waals surface area contributed by atoms with Gasteiger partial charge >= 0.3 is 0 Å². The molecule has 0 saturated heterocycles. The molecule has 1 aromatic heterocycles. The van der Waals surface area contributed by atoms with Crippen LogP contribution in [0.25, 0.3) is 0 Å². The molecule has 1 N–H and O–H groups in total. The topological polar surface area (TPSA) is 62.3 Å². The number of pyridine rings is 1. The molecule has 2 atom stereocenters. The molecular weight excluding hydrogens is 381 g/mol. The third-order valence-electron chi connectivity index (χ3n) is 5.32. The van der Waals surface area contributed by atoms with E-state index in [1.807, 2.05) is 38.1 Å². The zero-order valence-electron chi connectivity index (χ0n) is 16.8. The minimum absolute atomic E-state index is 0.0786. The minimum Gasteiger partial charge on any atom is -0.350 e. The van der Waals surface area contributed by atoms with E-state index in [9.17, 15) is 14.0 Å². The van der Waals surface area contributed by atoms with Gasteiger partial charge in [-0.15, -0.1) is 0 Å². The normalized spacial score (nSPS) is 16.3. The van der Waals surface area contributed by atoms with E-state index in [2.05, 4.69) is 10.3 Å². The van der Waals surface area contributed by atoms with Gasteiger partial charge in [0, 0.05) is 11.9 Å². The van der Waals surface area contributed by atoms with Crippen LogP contribution in [-0.4, -0.2) is 16.8 Å². The van der Waals surface area contributed by atoms with Crippen LogP contribution in [0.2, 0.25) is 0 Å². The number of nitrogens with zero attached hydrogens (tertiary/aromatic N) is 2. The second-order valence-corrected chi connectivity index (χ2v) is 7.51. The predicted octanol–water partition coefficient (Wildman–Crippen LogP) is 4.50. The highest BCUT2D eigenvalue weighted by molar-refractivity contribution is 6.11. The molecule has 4 rings (SSSR count). The highest BCUT2D eigenvalue weighted by Crippen LogP contribution is 2.38. The van der Waals surface area contributed by atoms with Gasteiger partial charge in [0.25, 0.3) is 5.91 Å². The molecule has 1 aliphatic rings. The Morgan fingerprint density at radius 1 is 1.17 bits per heavy atom. The summed E-state index contributed by atoms with van der Waals surface area (Å²) in [6.07, 6.45) is 1.72. The maximum atomic E-state index is 13.2. The Kier molecular flexibility index (Phi) is 5.31. The van der Waals surface area contributed by atoms with Gasteiger partial charge < -0.3 is 5.32 Å². The Morgan fingerprint density at radius 3 is 2.67 bits per heavy atom. The smallest absolute Gasteiger partial charge is 0.260 e. The molecule has 0 aliphatic carbocycles. The fourth-order valence-electron chi connectivity index (χ4n) is 3.83. The molecule has 30 heavy (non-hydrogen) atoms. The van der Waals surface area contributed by atoms with Gasteiger partial charge in [-0.25, -0.2) is 4.39 Å². The van der Waals surface area contributed by atoms with E-state index < -0.39 is 6.04 Å². The first kappa shape index (κ1) is 19.8. The lowest BCUT2D eigenvalue weighted by atomic mass is 10.1. The SMILES string of the molecule is Cc1cccc(N2C(=O)c3cccnc3C2CC(=O)NC(C)c2ccc(F)cc2)c1. The van der Waals surface area contributed by atoms with Crippen LogP contribution < -0.4 is 10.2 Å². The van der Waals surface area contributed by atoms with Crippen molar-refractivity contribution < 1.29 is 14.0 Å². The van der Waals surface area contributed by atoms with Crippen molar-refractivity contribution in [3.05, 3.63) is 95.1 Å². The summed E-state index contributed by atoms with van der Waals surface area (Å²) in [6.45, 7) is 3.80. The number of hydrogen-bond acceptors (Lipinski definition) is 3. The summed E-state index contributed by atoms with van der Waals surface area (Å²) in [5.41, 5.74) is 3.69. The van der Waals surface area contributed by atoms with E-state index >= 15 is 0 Å². The van der Waals surface area contributed by atoms with E-state index in [1.165, 1.54) is 12.1 Å². The molecule has 1 aliphatic heterocycles. The van der Waals surface area contributed by atoms with Gasteiger partial charge in [-0.3, -0.25) is 19.5 Å². The second-order valence-electron chi connectivity index (χ2n) is 7.51. The van der Waals surface area contributed by atoms with E-state index in [0.29, 0.717) is 11.3 Å². The van der Waals surface area contributed by atoms with Crippen molar-refractivity contribution >= 4 is 17.5 Å². The average molecular weight is 403 g/mol. The second kappa shape index (κ2) is 8.06. The van der Waals surface area contributed by atoms with Gasteiger partial charge in [-0.1, -0.05) is 24.3 Å². The van der Waals surface area contributed by atoms with Crippen molar-refractivity contribution in [1.29, 1.82) is 0 Å². The van der Waals surface area contributed by atoms with Crippen LogP contribution in [0, 0.1) is 12.7 Å². The summed E-state index contributed by atoms with van der Waals surface area (Å²) >= 11 is 0. The molecule has 3 aromatic rings. The highest BCUT2D eigenvalue weighted by atomic mass is 19.1. The van der Waals surface area contributed by atoms with E-state index in [4.69, 9.17) is 0 Å². The monoisotopic (exact) mass is 403 g/mol. The average Bonchev–Trinajstić information content (AvgIpc) is 3.00. The quantitative estimate of drug-likeness (QED) is 0.682. The van der Waals surface area contributed by atoms with Crippen molar-refractivity contribution in [3.63, 3.8) is 0 Å². The number of benzene rings is 2. The molecule has 6 heteroatoms. The molecule has 2 amide bonds. The number of hydrogen-bond donors (Lipinski definition) is 1. The predicted molar refractivity (Wildman–Crippen MR) is 113 cm³/mol. The number of rotatable bonds is 5. The Balaban J connectivity index is 1.59. The number of aryl methyl sites for hydroxylation is 1. The fourth-order valence-corrected chi connectivity index (χ4v) is 3.83. The summed E-state index contributed by atoms with van der Waals surface area (Å²) in [7, 11) is 0. The molecule has 0 bridgehead atoms. The first-order valence-corrected chi connectivity index (χ1v) is 9.84. The van der Waals surface area contributed by atoms with Gasteiger partial charge in [0.1, 0.15) is 5.82 Å². The standard InChI is InChI=1S/C24H22FN3O2/c1-15-5-3-6-19(13-15)28-21(23-20(24(28)30)7-4-12-26-23)14-22(29)27-16(2)17-8-10-18(25)11-9-17/h3-13,16,21H,14H2,1-2H3,(H,27,29). The Morgan fingerprint density at radius 2 is 1.93 bits per heavy atom. The molecule has 2 unspecified atom stereocenters. The zero-order chi connectivity index (χ0) is 21.3. The van der Waals surface area contributed by atoms with Gasteiger partial charge in [0.2, 0.25) is 5.91 Å². The lowest BCUT2D eigenvalue weighted by Gasteiger charge is -2.25. The van der Waals surface area contributed by atoms with Crippen LogP contribution in [0.15, 0.2) is 66.9 Å². The number of nitrogens with one attached hydrogen (secondary N) is 1. The third kappa shape index (κ3) is 3.81. The number of anilines is 1. The number of fused-ring (bicyclic) bond motifs is 1. The summed E-state index contributed by atoms with van der Waals surface area (Å²) in [6, 6.07) is 16.4. The van der Waals surface area contributed by atoms with Crippen molar-refractivity contribution in [1.82, 2.24) is 10.3 Å². The van der Waals surface area contributed by atoms with Gasteiger partial charge in [0.15, 0.2) is 0 Å². The molecule has 0 fully saturated rings. The molecule has 0 radical (unpaired) electrons. The van der Waals surface area contributed by atoms with Crippen LogP contribution in [0.4, 0.5) is 10.1 Å². The Labute approximate surface area is 174 Å². The number of amides is 2. The van der Waals surface area contributed by atoms with Gasteiger partial charge in [0.05, 0.1) is 29.8 Å². The third-order valence-corrected chi connectivity index (χ3v) is 5.32. The van der Waals surface area contributed by atoms with Crippen molar-refractivity contribution in [2.24, 2.45) is 0 Å². The number of carbonyl (C=O) groups excluding carboxylic acids is 2.